The lowest BCUT2D eigenvalue weighted by atomic mass is 9.78. The Morgan fingerprint density at radius 1 is 1.20 bits per heavy atom. The van der Waals surface area contributed by atoms with E-state index in [9.17, 15) is 4.39 Å². The van der Waals surface area contributed by atoms with E-state index >= 15 is 0 Å². The van der Waals surface area contributed by atoms with Gasteiger partial charge in [0.25, 0.3) is 0 Å². The normalized spacial score (nSPS) is 20.8. The Balaban J connectivity index is 2.12. The number of anilines is 1. The number of fused-ring (bicyclic) bond motifs is 1. The summed E-state index contributed by atoms with van der Waals surface area (Å²) in [5.74, 6) is -0.342. The van der Waals surface area contributed by atoms with Gasteiger partial charge in [0, 0.05) is 5.46 Å². The summed E-state index contributed by atoms with van der Waals surface area (Å²) in [7, 11) is -0.639. The highest BCUT2D eigenvalue weighted by atomic mass is 32.1. The molecule has 0 atom stereocenters. The first-order valence-corrected chi connectivity index (χ1v) is 7.22. The van der Waals surface area contributed by atoms with Gasteiger partial charge in [-0.2, -0.15) is 0 Å². The van der Waals surface area contributed by atoms with Crippen LogP contribution in [0.25, 0.3) is 10.2 Å². The molecule has 106 valence electrons. The summed E-state index contributed by atoms with van der Waals surface area (Å²) >= 11 is 1.25. The predicted octanol–water partition coefficient (Wildman–Crippen LogP) is 2.32. The van der Waals surface area contributed by atoms with Crippen LogP contribution < -0.4 is 11.2 Å². The Bertz CT molecular complexity index is 670. The standard InChI is InChI=1S/C13H16BFN2O2S/c1-12(2)13(3,4)19-14(18-12)8-5-7(15)6-9-10(8)17-11(16)20-9/h5-6H,1-4H3,(H2,16,17). The minimum absolute atomic E-state index is 0.342. The van der Waals surface area contributed by atoms with Crippen LogP contribution in [0.3, 0.4) is 0 Å². The third kappa shape index (κ3) is 2.01. The monoisotopic (exact) mass is 294 g/mol. The van der Waals surface area contributed by atoms with E-state index in [2.05, 4.69) is 4.98 Å². The summed E-state index contributed by atoms with van der Waals surface area (Å²) in [5.41, 5.74) is 6.00. The Kier molecular flexibility index (Phi) is 2.87. The summed E-state index contributed by atoms with van der Waals surface area (Å²) in [6.07, 6.45) is 0. The Morgan fingerprint density at radius 2 is 1.80 bits per heavy atom. The lowest BCUT2D eigenvalue weighted by Crippen LogP contribution is -2.41. The van der Waals surface area contributed by atoms with Crippen molar-refractivity contribution in [2.75, 3.05) is 5.73 Å². The van der Waals surface area contributed by atoms with E-state index in [1.165, 1.54) is 23.5 Å². The molecule has 3 rings (SSSR count). The topological polar surface area (TPSA) is 57.4 Å². The zero-order chi connectivity index (χ0) is 14.7. The van der Waals surface area contributed by atoms with Crippen LogP contribution in [0.15, 0.2) is 12.1 Å². The van der Waals surface area contributed by atoms with Crippen molar-refractivity contribution in [3.05, 3.63) is 17.9 Å². The van der Waals surface area contributed by atoms with Crippen LogP contribution in [0.1, 0.15) is 27.7 Å². The van der Waals surface area contributed by atoms with Gasteiger partial charge in [-0.25, -0.2) is 9.37 Å². The summed E-state index contributed by atoms with van der Waals surface area (Å²) < 4.78 is 26.4. The summed E-state index contributed by atoms with van der Waals surface area (Å²) in [6.45, 7) is 7.83. The van der Waals surface area contributed by atoms with Crippen molar-refractivity contribution < 1.29 is 13.7 Å². The van der Waals surface area contributed by atoms with E-state index in [1.807, 2.05) is 27.7 Å². The highest BCUT2D eigenvalue weighted by Gasteiger charge is 2.52. The minimum atomic E-state index is -0.639. The van der Waals surface area contributed by atoms with Gasteiger partial charge in [-0.1, -0.05) is 11.3 Å². The van der Waals surface area contributed by atoms with Crippen molar-refractivity contribution >= 4 is 39.3 Å². The molecule has 2 aromatic rings. The molecule has 20 heavy (non-hydrogen) atoms. The molecule has 0 saturated carbocycles. The molecule has 0 spiro atoms. The molecule has 2 N–H and O–H groups in total. The fourth-order valence-corrected chi connectivity index (χ4v) is 2.98. The average molecular weight is 294 g/mol. The van der Waals surface area contributed by atoms with Crippen molar-refractivity contribution in [1.82, 2.24) is 4.98 Å². The zero-order valence-corrected chi connectivity index (χ0v) is 12.7. The van der Waals surface area contributed by atoms with Gasteiger partial charge < -0.3 is 15.0 Å². The van der Waals surface area contributed by atoms with Crippen LogP contribution in [0.5, 0.6) is 0 Å². The van der Waals surface area contributed by atoms with E-state index in [0.717, 1.165) is 0 Å². The third-order valence-corrected chi connectivity index (χ3v) is 4.84. The molecule has 0 bridgehead atoms. The van der Waals surface area contributed by atoms with Gasteiger partial charge in [-0.15, -0.1) is 0 Å². The number of benzene rings is 1. The highest BCUT2D eigenvalue weighted by Crippen LogP contribution is 2.37. The van der Waals surface area contributed by atoms with Gasteiger partial charge >= 0.3 is 7.12 Å². The second-order valence-electron chi connectivity index (χ2n) is 5.98. The number of hydrogen-bond donors (Lipinski definition) is 1. The average Bonchev–Trinajstić information content (AvgIpc) is 2.75. The van der Waals surface area contributed by atoms with Gasteiger partial charge in [-0.05, 0) is 39.8 Å². The van der Waals surface area contributed by atoms with Crippen molar-refractivity contribution in [3.63, 3.8) is 0 Å². The number of hydrogen-bond acceptors (Lipinski definition) is 5. The molecule has 1 saturated heterocycles. The Hall–Kier alpha value is -1.18. The summed E-state index contributed by atoms with van der Waals surface area (Å²) in [4.78, 5) is 4.26. The van der Waals surface area contributed by atoms with E-state index in [4.69, 9.17) is 15.0 Å². The van der Waals surface area contributed by atoms with Crippen molar-refractivity contribution in [2.24, 2.45) is 0 Å². The van der Waals surface area contributed by atoms with Crippen molar-refractivity contribution in [1.29, 1.82) is 0 Å². The van der Waals surface area contributed by atoms with E-state index < -0.39 is 18.3 Å². The summed E-state index contributed by atoms with van der Waals surface area (Å²) in [6, 6.07) is 2.84. The van der Waals surface area contributed by atoms with Crippen molar-refractivity contribution in [2.45, 2.75) is 38.9 Å². The first kappa shape index (κ1) is 13.8. The van der Waals surface area contributed by atoms with Crippen LogP contribution >= 0.6 is 11.3 Å². The van der Waals surface area contributed by atoms with Crippen LogP contribution in [-0.4, -0.2) is 23.3 Å². The van der Waals surface area contributed by atoms with Crippen LogP contribution in [0.2, 0.25) is 0 Å². The van der Waals surface area contributed by atoms with Gasteiger partial charge in [0.2, 0.25) is 0 Å². The number of halogens is 1. The number of rotatable bonds is 1. The zero-order valence-electron chi connectivity index (χ0n) is 11.9. The fourth-order valence-electron chi connectivity index (χ4n) is 2.19. The SMILES string of the molecule is CC1(C)OB(c2cc(F)cc3sc(N)nc23)OC1(C)C. The number of nitrogens with two attached hydrogens (primary N) is 1. The number of aromatic nitrogens is 1. The molecule has 1 aliphatic heterocycles. The van der Waals surface area contributed by atoms with Gasteiger partial charge in [0.1, 0.15) is 5.82 Å². The molecule has 0 aliphatic carbocycles. The lowest BCUT2D eigenvalue weighted by molar-refractivity contribution is 0.00578. The van der Waals surface area contributed by atoms with Crippen LogP contribution in [-0.2, 0) is 9.31 Å². The molecule has 1 fully saturated rings. The van der Waals surface area contributed by atoms with Crippen molar-refractivity contribution in [3.8, 4) is 0 Å². The molecular formula is C13H16BFN2O2S. The van der Waals surface area contributed by atoms with Crippen LogP contribution in [0, 0.1) is 5.82 Å². The molecule has 0 radical (unpaired) electrons. The predicted molar refractivity (Wildman–Crippen MR) is 79.7 cm³/mol. The molecular weight excluding hydrogens is 278 g/mol. The third-order valence-electron chi connectivity index (χ3n) is 4.01. The molecule has 1 aliphatic rings. The highest BCUT2D eigenvalue weighted by molar-refractivity contribution is 7.22. The number of nitrogen functional groups attached to an aromatic ring is 1. The summed E-state index contributed by atoms with van der Waals surface area (Å²) in [5, 5.41) is 0.406. The second-order valence-corrected chi connectivity index (χ2v) is 7.04. The quantitative estimate of drug-likeness (QED) is 0.820. The maximum Gasteiger partial charge on any atom is 0.497 e. The van der Waals surface area contributed by atoms with E-state index in [1.54, 1.807) is 0 Å². The fraction of sp³-hybridized carbons (Fsp3) is 0.462. The molecule has 0 unspecified atom stereocenters. The smallest absolute Gasteiger partial charge is 0.399 e. The molecule has 1 aromatic heterocycles. The number of thiazole rings is 1. The lowest BCUT2D eigenvalue weighted by Gasteiger charge is -2.32. The Morgan fingerprint density at radius 3 is 2.40 bits per heavy atom. The van der Waals surface area contributed by atoms with Gasteiger partial charge in [0.15, 0.2) is 5.13 Å². The largest absolute Gasteiger partial charge is 0.497 e. The van der Waals surface area contributed by atoms with Gasteiger partial charge in [-0.3, -0.25) is 0 Å². The molecule has 1 aromatic carbocycles. The molecule has 0 amide bonds. The van der Waals surface area contributed by atoms with E-state index in [0.29, 0.717) is 20.8 Å². The first-order chi connectivity index (χ1) is 9.19. The maximum atomic E-state index is 13.8. The van der Waals surface area contributed by atoms with Gasteiger partial charge in [0.05, 0.1) is 21.4 Å². The maximum absolute atomic E-state index is 13.8. The first-order valence-electron chi connectivity index (χ1n) is 6.41. The Labute approximate surface area is 121 Å². The van der Waals surface area contributed by atoms with E-state index in [-0.39, 0.29) is 5.82 Å². The molecule has 4 nitrogen and oxygen atoms in total. The second kappa shape index (κ2) is 4.16. The number of nitrogens with zero attached hydrogens (tertiary/aromatic N) is 1. The van der Waals surface area contributed by atoms with Crippen LogP contribution in [0.4, 0.5) is 9.52 Å². The molecule has 2 heterocycles. The molecule has 7 heteroatoms. The minimum Gasteiger partial charge on any atom is -0.399 e.